The monoisotopic (exact) mass is 272 g/mol. The van der Waals surface area contributed by atoms with Gasteiger partial charge in [0.2, 0.25) is 0 Å². The Morgan fingerprint density at radius 3 is 2.63 bits per heavy atom. The highest BCUT2D eigenvalue weighted by atomic mass is 32.1. The first-order valence-corrected chi connectivity index (χ1v) is 6.94. The number of nitriles is 1. The fraction of sp³-hybridized carbons (Fsp3) is 0.357. The van der Waals surface area contributed by atoms with Crippen molar-refractivity contribution in [2.24, 2.45) is 0 Å². The molecule has 5 heteroatoms. The van der Waals surface area contributed by atoms with Gasteiger partial charge in [0, 0.05) is 12.1 Å². The molecule has 2 aromatic rings. The van der Waals surface area contributed by atoms with Gasteiger partial charge in [-0.05, 0) is 19.9 Å². The van der Waals surface area contributed by atoms with E-state index in [-0.39, 0.29) is 0 Å². The van der Waals surface area contributed by atoms with Crippen molar-refractivity contribution in [3.8, 4) is 6.07 Å². The molecular formula is C14H16N4S. The lowest BCUT2D eigenvalue weighted by atomic mass is 10.2. The molecule has 2 heterocycles. The number of pyridine rings is 1. The van der Waals surface area contributed by atoms with Gasteiger partial charge in [0.25, 0.3) is 0 Å². The van der Waals surface area contributed by atoms with Gasteiger partial charge in [-0.2, -0.15) is 5.26 Å². The quantitative estimate of drug-likeness (QED) is 0.920. The predicted molar refractivity (Wildman–Crippen MR) is 77.9 cm³/mol. The lowest BCUT2D eigenvalue weighted by Gasteiger charge is -2.07. The molecule has 0 radical (unpaired) electrons. The van der Waals surface area contributed by atoms with Gasteiger partial charge in [-0.15, -0.1) is 11.3 Å². The van der Waals surface area contributed by atoms with Crippen LogP contribution in [-0.4, -0.2) is 9.97 Å². The molecule has 0 fully saturated rings. The molecule has 0 aliphatic carbocycles. The molecule has 1 N–H and O–H groups in total. The fourth-order valence-corrected chi connectivity index (χ4v) is 2.61. The molecular weight excluding hydrogens is 256 g/mol. The Labute approximate surface area is 117 Å². The van der Waals surface area contributed by atoms with Crippen molar-refractivity contribution < 1.29 is 0 Å². The fourth-order valence-electron chi connectivity index (χ4n) is 1.62. The second kappa shape index (κ2) is 5.37. The minimum atomic E-state index is 0.420. The van der Waals surface area contributed by atoms with Crippen LogP contribution in [0, 0.1) is 25.2 Å². The van der Waals surface area contributed by atoms with Crippen molar-refractivity contribution in [3.63, 3.8) is 0 Å². The van der Waals surface area contributed by atoms with E-state index in [0.29, 0.717) is 11.5 Å². The molecule has 0 spiro atoms. The van der Waals surface area contributed by atoms with Crippen LogP contribution in [-0.2, 0) is 0 Å². The molecule has 2 aromatic heterocycles. The van der Waals surface area contributed by atoms with Crippen LogP contribution in [0.1, 0.15) is 41.7 Å². The molecule has 0 saturated heterocycles. The zero-order valence-electron chi connectivity index (χ0n) is 11.5. The first kappa shape index (κ1) is 13.5. The molecule has 98 valence electrons. The standard InChI is InChI=1S/C14H16N4S/c1-8(2)13-17-10(4)14(19-13)18-12-5-11(6-15)7-16-9(12)3/h5,7-8,18H,1-4H3. The largest absolute Gasteiger partial charge is 0.344 e. The van der Waals surface area contributed by atoms with Gasteiger partial charge in [-0.25, -0.2) is 4.98 Å². The topological polar surface area (TPSA) is 61.6 Å². The predicted octanol–water partition coefficient (Wildman–Crippen LogP) is 3.89. The highest BCUT2D eigenvalue weighted by Gasteiger charge is 2.12. The van der Waals surface area contributed by atoms with Crippen molar-refractivity contribution in [2.45, 2.75) is 33.6 Å². The summed E-state index contributed by atoms with van der Waals surface area (Å²) < 4.78 is 0. The van der Waals surface area contributed by atoms with E-state index < -0.39 is 0 Å². The SMILES string of the molecule is Cc1ncc(C#N)cc1Nc1sc(C(C)C)nc1C. The lowest BCUT2D eigenvalue weighted by Crippen LogP contribution is -1.96. The molecule has 0 unspecified atom stereocenters. The van der Waals surface area contributed by atoms with E-state index in [1.54, 1.807) is 17.5 Å². The Balaban J connectivity index is 2.33. The van der Waals surface area contributed by atoms with Crippen LogP contribution < -0.4 is 5.32 Å². The summed E-state index contributed by atoms with van der Waals surface area (Å²) in [6.45, 7) is 8.17. The van der Waals surface area contributed by atoms with Crippen molar-refractivity contribution in [1.82, 2.24) is 9.97 Å². The molecule has 2 rings (SSSR count). The number of aryl methyl sites for hydroxylation is 2. The van der Waals surface area contributed by atoms with Crippen LogP contribution in [0.4, 0.5) is 10.7 Å². The van der Waals surface area contributed by atoms with E-state index in [9.17, 15) is 0 Å². The Morgan fingerprint density at radius 2 is 2.05 bits per heavy atom. The number of nitrogens with one attached hydrogen (secondary N) is 1. The Bertz CT molecular complexity index is 637. The van der Waals surface area contributed by atoms with Gasteiger partial charge >= 0.3 is 0 Å². The van der Waals surface area contributed by atoms with E-state index >= 15 is 0 Å². The van der Waals surface area contributed by atoms with Crippen LogP contribution in [0.5, 0.6) is 0 Å². The van der Waals surface area contributed by atoms with Gasteiger partial charge in [0.05, 0.1) is 27.6 Å². The summed E-state index contributed by atoms with van der Waals surface area (Å²) in [4.78, 5) is 8.77. The average molecular weight is 272 g/mol. The van der Waals surface area contributed by atoms with E-state index in [1.165, 1.54) is 0 Å². The molecule has 4 nitrogen and oxygen atoms in total. The molecule has 0 aromatic carbocycles. The zero-order chi connectivity index (χ0) is 14.0. The third-order valence-corrected chi connectivity index (χ3v) is 4.14. The summed E-state index contributed by atoms with van der Waals surface area (Å²) in [5, 5.41) is 14.4. The van der Waals surface area contributed by atoms with Crippen LogP contribution in [0.3, 0.4) is 0 Å². The minimum Gasteiger partial charge on any atom is -0.344 e. The Hall–Kier alpha value is -1.93. The van der Waals surface area contributed by atoms with E-state index in [4.69, 9.17) is 5.26 Å². The second-order valence-corrected chi connectivity index (χ2v) is 5.75. The van der Waals surface area contributed by atoms with E-state index in [2.05, 4.69) is 35.2 Å². The number of hydrogen-bond acceptors (Lipinski definition) is 5. The molecule has 0 saturated carbocycles. The summed E-state index contributed by atoms with van der Waals surface area (Å²) in [6.07, 6.45) is 1.58. The number of aromatic nitrogens is 2. The van der Waals surface area contributed by atoms with Crippen LogP contribution in [0.25, 0.3) is 0 Å². The van der Waals surface area contributed by atoms with Crippen molar-refractivity contribution in [3.05, 3.63) is 34.2 Å². The second-order valence-electron chi connectivity index (χ2n) is 4.72. The maximum Gasteiger partial charge on any atom is 0.116 e. The normalized spacial score (nSPS) is 10.5. The van der Waals surface area contributed by atoms with Gasteiger partial charge in [0.1, 0.15) is 11.1 Å². The summed E-state index contributed by atoms with van der Waals surface area (Å²) >= 11 is 1.65. The first-order valence-electron chi connectivity index (χ1n) is 6.12. The number of thiazole rings is 1. The van der Waals surface area contributed by atoms with Crippen molar-refractivity contribution in [1.29, 1.82) is 5.26 Å². The van der Waals surface area contributed by atoms with Crippen LogP contribution in [0.15, 0.2) is 12.3 Å². The lowest BCUT2D eigenvalue weighted by molar-refractivity contribution is 0.847. The van der Waals surface area contributed by atoms with Crippen molar-refractivity contribution >= 4 is 22.0 Å². The third-order valence-electron chi connectivity index (χ3n) is 2.77. The highest BCUT2D eigenvalue weighted by Crippen LogP contribution is 2.32. The Kier molecular flexibility index (Phi) is 3.82. The zero-order valence-corrected chi connectivity index (χ0v) is 12.3. The smallest absolute Gasteiger partial charge is 0.116 e. The summed E-state index contributed by atoms with van der Waals surface area (Å²) in [5.41, 5.74) is 3.27. The molecule has 0 aliphatic rings. The van der Waals surface area contributed by atoms with Gasteiger partial charge in [-0.1, -0.05) is 13.8 Å². The number of rotatable bonds is 3. The summed E-state index contributed by atoms with van der Waals surface area (Å²) in [6, 6.07) is 3.92. The van der Waals surface area contributed by atoms with Gasteiger partial charge in [0.15, 0.2) is 0 Å². The Morgan fingerprint density at radius 1 is 1.32 bits per heavy atom. The molecule has 0 amide bonds. The van der Waals surface area contributed by atoms with Crippen LogP contribution in [0.2, 0.25) is 0 Å². The van der Waals surface area contributed by atoms with Gasteiger partial charge < -0.3 is 5.32 Å². The van der Waals surface area contributed by atoms with Crippen LogP contribution >= 0.6 is 11.3 Å². The maximum atomic E-state index is 8.92. The number of nitrogens with zero attached hydrogens (tertiary/aromatic N) is 3. The van der Waals surface area contributed by atoms with Gasteiger partial charge in [-0.3, -0.25) is 4.98 Å². The highest BCUT2D eigenvalue weighted by molar-refractivity contribution is 7.16. The minimum absolute atomic E-state index is 0.420. The molecule has 0 atom stereocenters. The molecule has 19 heavy (non-hydrogen) atoms. The summed E-state index contributed by atoms with van der Waals surface area (Å²) in [7, 11) is 0. The molecule has 0 bridgehead atoms. The maximum absolute atomic E-state index is 8.92. The first-order chi connectivity index (χ1) is 9.01. The third kappa shape index (κ3) is 2.91. The summed E-state index contributed by atoms with van der Waals surface area (Å²) in [5.74, 6) is 0.420. The number of hydrogen-bond donors (Lipinski definition) is 1. The molecule has 0 aliphatic heterocycles. The van der Waals surface area contributed by atoms with E-state index in [0.717, 1.165) is 27.1 Å². The number of anilines is 2. The average Bonchev–Trinajstić information content (AvgIpc) is 2.74. The van der Waals surface area contributed by atoms with Crippen molar-refractivity contribution in [2.75, 3.05) is 5.32 Å². The van der Waals surface area contributed by atoms with E-state index in [1.807, 2.05) is 19.9 Å².